The van der Waals surface area contributed by atoms with Crippen molar-refractivity contribution in [2.75, 3.05) is 11.4 Å². The third-order valence-electron chi connectivity index (χ3n) is 4.26. The maximum atomic E-state index is 12.9. The molecule has 25 heavy (non-hydrogen) atoms. The highest BCUT2D eigenvalue weighted by molar-refractivity contribution is 5.88. The van der Waals surface area contributed by atoms with Crippen LogP contribution in [0.25, 0.3) is 0 Å². The lowest BCUT2D eigenvalue weighted by molar-refractivity contribution is -0.142. The molecule has 0 spiro atoms. The average Bonchev–Trinajstić information content (AvgIpc) is 3.14. The smallest absolute Gasteiger partial charge is 0.436 e. The molecule has 0 bridgehead atoms. The summed E-state index contributed by atoms with van der Waals surface area (Å²) in [6, 6.07) is 4.00. The Kier molecular flexibility index (Phi) is 4.40. The number of anilines is 1. The minimum Gasteiger partial charge on any atom is -0.478 e. The van der Waals surface area contributed by atoms with Crippen molar-refractivity contribution in [3.63, 3.8) is 0 Å². The van der Waals surface area contributed by atoms with Crippen molar-refractivity contribution in [1.29, 1.82) is 0 Å². The zero-order valence-electron chi connectivity index (χ0n) is 13.5. The van der Waals surface area contributed by atoms with Gasteiger partial charge in [-0.25, -0.2) is 9.78 Å². The van der Waals surface area contributed by atoms with E-state index in [0.717, 1.165) is 36.1 Å². The Hall–Kier alpha value is -2.58. The molecule has 1 aliphatic rings. The van der Waals surface area contributed by atoms with Gasteiger partial charge in [0.2, 0.25) is 0 Å². The molecule has 0 saturated carbocycles. The summed E-state index contributed by atoms with van der Waals surface area (Å²) in [5.74, 6) is -0.827. The van der Waals surface area contributed by atoms with E-state index in [2.05, 4.69) is 21.9 Å². The predicted octanol–water partition coefficient (Wildman–Crippen LogP) is 3.03. The number of pyridine rings is 1. The number of carbonyl (C=O) groups is 1. The lowest BCUT2D eigenvalue weighted by Crippen LogP contribution is -2.27. The first-order chi connectivity index (χ1) is 11.8. The van der Waals surface area contributed by atoms with E-state index in [1.54, 1.807) is 12.3 Å². The molecule has 0 unspecified atom stereocenters. The van der Waals surface area contributed by atoms with Gasteiger partial charge in [0.25, 0.3) is 0 Å². The van der Waals surface area contributed by atoms with Crippen LogP contribution in [0.1, 0.15) is 41.4 Å². The molecule has 9 heteroatoms. The van der Waals surface area contributed by atoms with Gasteiger partial charge >= 0.3 is 12.1 Å². The van der Waals surface area contributed by atoms with Crippen molar-refractivity contribution in [3.8, 4) is 0 Å². The van der Waals surface area contributed by atoms with Crippen LogP contribution in [0.5, 0.6) is 0 Å². The third kappa shape index (κ3) is 3.59. The van der Waals surface area contributed by atoms with E-state index in [0.29, 0.717) is 11.6 Å². The van der Waals surface area contributed by atoms with E-state index in [-0.39, 0.29) is 6.54 Å². The number of alkyl halides is 3. The molecular formula is C16H17F3N4O2. The lowest BCUT2D eigenvalue weighted by Gasteiger charge is -2.22. The molecule has 0 radical (unpaired) electrons. The highest BCUT2D eigenvalue weighted by atomic mass is 19.4. The van der Waals surface area contributed by atoms with Crippen LogP contribution in [0.15, 0.2) is 24.5 Å². The summed E-state index contributed by atoms with van der Waals surface area (Å²) >= 11 is 0. The molecule has 0 aliphatic carbocycles. The molecule has 0 amide bonds. The Balaban J connectivity index is 1.79. The van der Waals surface area contributed by atoms with Crippen LogP contribution in [0.2, 0.25) is 0 Å². The summed E-state index contributed by atoms with van der Waals surface area (Å²) in [7, 11) is 0. The van der Waals surface area contributed by atoms with E-state index in [9.17, 15) is 18.0 Å². The van der Waals surface area contributed by atoms with E-state index >= 15 is 0 Å². The second-order valence-corrected chi connectivity index (χ2v) is 6.10. The van der Waals surface area contributed by atoms with Crippen LogP contribution >= 0.6 is 0 Å². The van der Waals surface area contributed by atoms with E-state index in [1.807, 2.05) is 6.07 Å². The second-order valence-electron chi connectivity index (χ2n) is 6.10. The second kappa shape index (κ2) is 6.38. The summed E-state index contributed by atoms with van der Waals surface area (Å²) in [4.78, 5) is 17.5. The van der Waals surface area contributed by atoms with Gasteiger partial charge in [-0.1, -0.05) is 6.07 Å². The van der Waals surface area contributed by atoms with Crippen LogP contribution in [0, 0.1) is 0 Å². The summed E-state index contributed by atoms with van der Waals surface area (Å²) in [5, 5.41) is 12.3. The Morgan fingerprint density at radius 3 is 2.64 bits per heavy atom. The number of hydrogen-bond donors (Lipinski definition) is 1. The third-order valence-corrected chi connectivity index (χ3v) is 4.26. The number of aromatic carboxylic acids is 1. The number of nitrogens with zero attached hydrogens (tertiary/aromatic N) is 4. The average molecular weight is 354 g/mol. The molecule has 1 fully saturated rings. The molecule has 134 valence electrons. The van der Waals surface area contributed by atoms with Crippen molar-refractivity contribution < 1.29 is 23.1 Å². The molecule has 2 aromatic heterocycles. The fourth-order valence-corrected chi connectivity index (χ4v) is 3.01. The Morgan fingerprint density at radius 1 is 1.40 bits per heavy atom. The molecule has 6 nitrogen and oxygen atoms in total. The Morgan fingerprint density at radius 2 is 2.16 bits per heavy atom. The van der Waals surface area contributed by atoms with Gasteiger partial charge in [-0.3, -0.25) is 4.68 Å². The van der Waals surface area contributed by atoms with Gasteiger partial charge in [0.1, 0.15) is 11.4 Å². The fraction of sp³-hybridized carbons (Fsp3) is 0.438. The monoisotopic (exact) mass is 354 g/mol. The quantitative estimate of drug-likeness (QED) is 0.914. The number of aromatic nitrogens is 3. The first kappa shape index (κ1) is 17.2. The summed E-state index contributed by atoms with van der Waals surface area (Å²) in [6.45, 7) is 3.07. The van der Waals surface area contributed by atoms with Crippen molar-refractivity contribution in [2.45, 2.75) is 38.5 Å². The van der Waals surface area contributed by atoms with Crippen molar-refractivity contribution in [1.82, 2.24) is 14.8 Å². The van der Waals surface area contributed by atoms with Gasteiger partial charge in [-0.2, -0.15) is 18.3 Å². The van der Waals surface area contributed by atoms with Crippen LogP contribution in [0.4, 0.5) is 19.0 Å². The molecule has 0 aromatic carbocycles. The van der Waals surface area contributed by atoms with Crippen LogP contribution < -0.4 is 4.90 Å². The topological polar surface area (TPSA) is 71.2 Å². The number of halogens is 3. The van der Waals surface area contributed by atoms with Gasteiger partial charge in [0.05, 0.1) is 6.54 Å². The Bertz CT molecular complexity index is 771. The molecule has 3 heterocycles. The number of carboxylic acids is 1. The molecule has 1 saturated heterocycles. The van der Waals surface area contributed by atoms with E-state index in [4.69, 9.17) is 5.11 Å². The zero-order valence-corrected chi connectivity index (χ0v) is 13.5. The van der Waals surface area contributed by atoms with E-state index in [1.165, 1.54) is 0 Å². The normalized spacial score (nSPS) is 17.9. The fourth-order valence-electron chi connectivity index (χ4n) is 3.01. The maximum absolute atomic E-state index is 12.9. The van der Waals surface area contributed by atoms with E-state index < -0.39 is 23.4 Å². The summed E-state index contributed by atoms with van der Waals surface area (Å²) in [5.41, 5.74) is -1.61. The molecule has 3 rings (SSSR count). The van der Waals surface area contributed by atoms with Crippen molar-refractivity contribution >= 4 is 11.8 Å². The van der Waals surface area contributed by atoms with Crippen LogP contribution in [-0.2, 0) is 12.7 Å². The SMILES string of the molecule is C[C@H]1CCCN1c1ccc(Cn2cc(C(=O)O)c(C(F)(F)F)n2)cn1. The Labute approximate surface area is 141 Å². The number of hydrogen-bond acceptors (Lipinski definition) is 4. The van der Waals surface area contributed by atoms with Crippen LogP contribution in [0.3, 0.4) is 0 Å². The first-order valence-corrected chi connectivity index (χ1v) is 7.85. The number of carboxylic acid groups (broad SMARTS) is 1. The highest BCUT2D eigenvalue weighted by Gasteiger charge is 2.39. The summed E-state index contributed by atoms with van der Waals surface area (Å²) < 4.78 is 39.6. The van der Waals surface area contributed by atoms with Gasteiger partial charge in [0.15, 0.2) is 5.69 Å². The van der Waals surface area contributed by atoms with Crippen molar-refractivity contribution in [3.05, 3.63) is 41.3 Å². The largest absolute Gasteiger partial charge is 0.478 e. The molecule has 1 aliphatic heterocycles. The lowest BCUT2D eigenvalue weighted by atomic mass is 10.2. The predicted molar refractivity (Wildman–Crippen MR) is 83.6 cm³/mol. The summed E-state index contributed by atoms with van der Waals surface area (Å²) in [6.07, 6.45) is -0.130. The zero-order chi connectivity index (χ0) is 18.2. The standard InChI is InChI=1S/C16H17F3N4O2/c1-10-3-2-6-23(10)13-5-4-11(7-20-13)8-22-9-12(15(24)25)14(21-22)16(17,18)19/h4-5,7,9-10H,2-3,6,8H2,1H3,(H,24,25)/t10-/m0/s1. The maximum Gasteiger partial charge on any atom is 0.436 e. The molecule has 2 aromatic rings. The highest BCUT2D eigenvalue weighted by Crippen LogP contribution is 2.31. The minimum atomic E-state index is -4.81. The van der Waals surface area contributed by atoms with Crippen molar-refractivity contribution in [2.24, 2.45) is 0 Å². The first-order valence-electron chi connectivity index (χ1n) is 7.85. The van der Waals surface area contributed by atoms with Gasteiger partial charge < -0.3 is 10.0 Å². The van der Waals surface area contributed by atoms with Crippen LogP contribution in [-0.4, -0.2) is 38.4 Å². The number of rotatable bonds is 4. The van der Waals surface area contributed by atoms with Gasteiger partial charge in [-0.15, -0.1) is 0 Å². The molecular weight excluding hydrogens is 337 g/mol. The van der Waals surface area contributed by atoms with Gasteiger partial charge in [0, 0.05) is 25.0 Å². The van der Waals surface area contributed by atoms with Gasteiger partial charge in [-0.05, 0) is 31.4 Å². The molecule has 1 N–H and O–H groups in total. The molecule has 1 atom stereocenters. The minimum absolute atomic E-state index is 0.0131.